The van der Waals surface area contributed by atoms with Crippen LogP contribution in [0.3, 0.4) is 0 Å². The second-order valence-corrected chi connectivity index (χ2v) is 13.2. The Morgan fingerprint density at radius 1 is 0.927 bits per heavy atom. The van der Waals surface area contributed by atoms with E-state index in [4.69, 9.17) is 4.74 Å². The number of rotatable bonds is 4. The quantitative estimate of drug-likeness (QED) is 0.603. The molecule has 3 amide bonds. The van der Waals surface area contributed by atoms with E-state index in [9.17, 15) is 14.4 Å². The average molecular weight is 566 g/mol. The molecule has 5 aliphatic rings. The van der Waals surface area contributed by atoms with Crippen molar-refractivity contribution in [1.29, 1.82) is 0 Å². The number of nitrogens with one attached hydrogen (secondary N) is 1. The molecule has 6 rings (SSSR count). The van der Waals surface area contributed by atoms with Crippen molar-refractivity contribution in [3.8, 4) is 5.88 Å². The fourth-order valence-electron chi connectivity index (χ4n) is 7.56. The molecule has 0 aromatic carbocycles. The number of piperidine rings is 2. The van der Waals surface area contributed by atoms with Gasteiger partial charge >= 0.3 is 0 Å². The van der Waals surface area contributed by atoms with E-state index in [1.165, 1.54) is 19.4 Å². The second kappa shape index (κ2) is 13.1. The van der Waals surface area contributed by atoms with Crippen molar-refractivity contribution in [1.82, 2.24) is 25.0 Å². The number of hydrogen-bond donors (Lipinski definition) is 1. The van der Waals surface area contributed by atoms with Gasteiger partial charge in [-0.25, -0.2) is 4.98 Å². The van der Waals surface area contributed by atoms with E-state index in [2.05, 4.69) is 20.1 Å². The molecule has 224 valence electrons. The lowest BCUT2D eigenvalue weighted by Crippen LogP contribution is -2.48. The molecular formula is C32H47N5O4. The van der Waals surface area contributed by atoms with Crippen LogP contribution in [0.1, 0.15) is 74.7 Å². The number of aromatic nitrogens is 1. The summed E-state index contributed by atoms with van der Waals surface area (Å²) in [5.41, 5.74) is 0.371. The Labute approximate surface area is 244 Å². The summed E-state index contributed by atoms with van der Waals surface area (Å²) < 4.78 is 6.02. The first-order valence-corrected chi connectivity index (χ1v) is 16.2. The zero-order valence-corrected chi connectivity index (χ0v) is 24.5. The lowest BCUT2D eigenvalue weighted by atomic mass is 9.79. The van der Waals surface area contributed by atoms with Crippen LogP contribution < -0.4 is 10.1 Å². The van der Waals surface area contributed by atoms with E-state index in [0.717, 1.165) is 77.2 Å². The van der Waals surface area contributed by atoms with Gasteiger partial charge in [-0.3, -0.25) is 14.4 Å². The number of likely N-dealkylation sites (tertiary alicyclic amines) is 2. The van der Waals surface area contributed by atoms with Gasteiger partial charge in [0, 0.05) is 64.7 Å². The molecule has 1 aromatic heterocycles. The van der Waals surface area contributed by atoms with E-state index in [1.54, 1.807) is 12.1 Å². The first-order chi connectivity index (χ1) is 20.0. The Hall–Kier alpha value is -2.68. The molecule has 1 saturated carbocycles. The molecule has 9 nitrogen and oxygen atoms in total. The van der Waals surface area contributed by atoms with Crippen molar-refractivity contribution >= 4 is 17.7 Å². The smallest absolute Gasteiger partial charge is 0.270 e. The number of nitrogens with zero attached hydrogens (tertiary/aromatic N) is 4. The highest BCUT2D eigenvalue weighted by Crippen LogP contribution is 2.36. The number of carbonyl (C=O) groups is 3. The van der Waals surface area contributed by atoms with Gasteiger partial charge < -0.3 is 24.8 Å². The normalized spacial score (nSPS) is 30.2. The van der Waals surface area contributed by atoms with Crippen LogP contribution >= 0.6 is 0 Å². The van der Waals surface area contributed by atoms with Gasteiger partial charge in [0.2, 0.25) is 17.7 Å². The summed E-state index contributed by atoms with van der Waals surface area (Å²) in [4.78, 5) is 50.9. The number of hydrogen-bond acceptors (Lipinski definition) is 6. The summed E-state index contributed by atoms with van der Waals surface area (Å²) in [6.07, 6.45) is 9.55. The summed E-state index contributed by atoms with van der Waals surface area (Å²) >= 11 is 0. The molecule has 1 aromatic rings. The Morgan fingerprint density at radius 3 is 2.61 bits per heavy atom. The number of fused-ring (bicyclic) bond motifs is 5. The minimum Gasteiger partial charge on any atom is -0.478 e. The molecule has 3 saturated heterocycles. The van der Waals surface area contributed by atoms with Crippen LogP contribution in [0, 0.1) is 29.6 Å². The first kappa shape index (κ1) is 28.4. The predicted octanol–water partition coefficient (Wildman–Crippen LogP) is 3.20. The molecule has 4 fully saturated rings. The van der Waals surface area contributed by atoms with Crippen LogP contribution in [-0.2, 0) is 9.59 Å². The topological polar surface area (TPSA) is 95.1 Å². The molecule has 4 aliphatic heterocycles. The predicted molar refractivity (Wildman–Crippen MR) is 155 cm³/mol. The third-order valence-corrected chi connectivity index (χ3v) is 10.3. The average Bonchev–Trinajstić information content (AvgIpc) is 3.61. The highest BCUT2D eigenvalue weighted by Gasteiger charge is 2.37. The van der Waals surface area contributed by atoms with Crippen molar-refractivity contribution in [3.63, 3.8) is 0 Å². The number of carbonyl (C=O) groups excluding carboxylic acids is 3. The lowest BCUT2D eigenvalue weighted by Gasteiger charge is -2.42. The van der Waals surface area contributed by atoms with Gasteiger partial charge in [-0.05, 0) is 93.6 Å². The Morgan fingerprint density at radius 2 is 1.78 bits per heavy atom. The molecule has 0 radical (unpaired) electrons. The minimum atomic E-state index is -0.180. The minimum absolute atomic E-state index is 0.180. The number of amides is 3. The molecule has 0 unspecified atom stereocenters. The fraction of sp³-hybridized carbons (Fsp3) is 0.750. The monoisotopic (exact) mass is 565 g/mol. The Kier molecular flexibility index (Phi) is 9.08. The maximum Gasteiger partial charge on any atom is 0.270 e. The Balaban J connectivity index is 1.18. The van der Waals surface area contributed by atoms with Gasteiger partial charge in [-0.2, -0.15) is 0 Å². The maximum absolute atomic E-state index is 13.7. The van der Waals surface area contributed by atoms with Gasteiger partial charge in [-0.15, -0.1) is 0 Å². The SMILES string of the molecule is O=C1NCC[C@H]2CN(CC3CC3)CC[C@H]2CC(=O)N2CC[C@@H](CC(=O)N3CCCC3)[C@@H](CCOc3cccc1n3)C2. The molecule has 5 heterocycles. The summed E-state index contributed by atoms with van der Waals surface area (Å²) in [5.74, 6) is 2.81. The van der Waals surface area contributed by atoms with E-state index in [0.29, 0.717) is 55.9 Å². The molecule has 1 aliphatic carbocycles. The van der Waals surface area contributed by atoms with Crippen molar-refractivity contribution in [2.45, 2.75) is 64.2 Å². The second-order valence-electron chi connectivity index (χ2n) is 13.2. The summed E-state index contributed by atoms with van der Waals surface area (Å²) in [5, 5.41) is 3.08. The summed E-state index contributed by atoms with van der Waals surface area (Å²) in [6, 6.07) is 5.34. The van der Waals surface area contributed by atoms with Gasteiger partial charge in [0.25, 0.3) is 5.91 Å². The zero-order valence-electron chi connectivity index (χ0n) is 24.5. The van der Waals surface area contributed by atoms with Crippen LogP contribution in [0.2, 0.25) is 0 Å². The van der Waals surface area contributed by atoms with E-state index in [1.807, 2.05) is 11.0 Å². The third kappa shape index (κ3) is 7.40. The number of pyridine rings is 1. The van der Waals surface area contributed by atoms with Crippen molar-refractivity contribution in [2.24, 2.45) is 29.6 Å². The fourth-order valence-corrected chi connectivity index (χ4v) is 7.56. The lowest BCUT2D eigenvalue weighted by molar-refractivity contribution is -0.137. The van der Waals surface area contributed by atoms with Crippen LogP contribution in [0.25, 0.3) is 0 Å². The van der Waals surface area contributed by atoms with Gasteiger partial charge in [0.15, 0.2) is 0 Å². The first-order valence-electron chi connectivity index (χ1n) is 16.2. The molecule has 0 spiro atoms. The van der Waals surface area contributed by atoms with Gasteiger partial charge in [0.05, 0.1) is 6.61 Å². The van der Waals surface area contributed by atoms with Crippen LogP contribution in [0.4, 0.5) is 0 Å². The third-order valence-electron chi connectivity index (χ3n) is 10.3. The van der Waals surface area contributed by atoms with Gasteiger partial charge in [-0.1, -0.05) is 6.07 Å². The van der Waals surface area contributed by atoms with Crippen molar-refractivity contribution < 1.29 is 19.1 Å². The molecule has 4 bridgehead atoms. The van der Waals surface area contributed by atoms with Crippen molar-refractivity contribution in [2.75, 3.05) is 59.0 Å². The van der Waals surface area contributed by atoms with Crippen LogP contribution in [-0.4, -0.2) is 96.4 Å². The van der Waals surface area contributed by atoms with Crippen molar-refractivity contribution in [3.05, 3.63) is 23.9 Å². The highest BCUT2D eigenvalue weighted by molar-refractivity contribution is 5.92. The molecule has 4 atom stereocenters. The largest absolute Gasteiger partial charge is 0.478 e. The zero-order chi connectivity index (χ0) is 28.2. The van der Waals surface area contributed by atoms with E-state index >= 15 is 0 Å². The van der Waals surface area contributed by atoms with E-state index in [-0.39, 0.29) is 29.6 Å². The molecular weight excluding hydrogens is 518 g/mol. The molecule has 1 N–H and O–H groups in total. The Bertz CT molecular complexity index is 1090. The summed E-state index contributed by atoms with van der Waals surface area (Å²) in [7, 11) is 0. The van der Waals surface area contributed by atoms with Gasteiger partial charge in [0.1, 0.15) is 5.69 Å². The summed E-state index contributed by atoms with van der Waals surface area (Å²) in [6.45, 7) is 7.45. The van der Waals surface area contributed by atoms with Crippen LogP contribution in [0.5, 0.6) is 5.88 Å². The number of ether oxygens (including phenoxy) is 1. The maximum atomic E-state index is 13.7. The van der Waals surface area contributed by atoms with E-state index < -0.39 is 0 Å². The highest BCUT2D eigenvalue weighted by atomic mass is 16.5. The van der Waals surface area contributed by atoms with Crippen LogP contribution in [0.15, 0.2) is 18.2 Å². The molecule has 9 heteroatoms. The molecule has 41 heavy (non-hydrogen) atoms. The standard InChI is InChI=1S/C32H47N5O4/c38-30(36-13-1-2-14-36)18-25-10-16-37-22-27(25)11-17-41-29-5-3-4-28(34-29)32(40)33-12-8-26-21-35(20-23-6-7-23)15-9-24(26)19-31(37)39/h3-5,23-27H,1-2,6-22H2,(H,33,40)/t24-,25-,26-,27-/m0/s1.